The highest BCUT2D eigenvalue weighted by atomic mass is 35.5. The fraction of sp³-hybridized carbons (Fsp3) is 0.240. The molecule has 0 amide bonds. The second-order valence-corrected chi connectivity index (χ2v) is 9.17. The largest absolute Gasteiger partial charge is 0.465 e. The van der Waals surface area contributed by atoms with Gasteiger partial charge in [-0.05, 0) is 47.2 Å². The van der Waals surface area contributed by atoms with E-state index in [1.54, 1.807) is 29.5 Å². The fourth-order valence-corrected chi connectivity index (χ4v) is 4.56. The van der Waals surface area contributed by atoms with Crippen molar-refractivity contribution >= 4 is 35.0 Å². The standard InChI is InChI=1S/C25H25ClO3S/c1-16-5-7-18(8-6-16)22(27)23-21(12-14-30-23)25(2,3)13-11-17-9-10-19(26)15-20(17)24(28)29-4/h5-15,22,27H,1-4H3. The van der Waals surface area contributed by atoms with Crippen molar-refractivity contribution in [1.29, 1.82) is 0 Å². The molecule has 2 aromatic carbocycles. The number of hydrogen-bond donors (Lipinski definition) is 1. The number of rotatable bonds is 6. The van der Waals surface area contributed by atoms with Gasteiger partial charge in [-0.2, -0.15) is 0 Å². The number of methoxy groups -OCH3 is 1. The van der Waals surface area contributed by atoms with Gasteiger partial charge in [-0.1, -0.05) is 73.5 Å². The molecule has 1 unspecified atom stereocenters. The zero-order valence-electron chi connectivity index (χ0n) is 17.5. The Labute approximate surface area is 186 Å². The first-order valence-electron chi connectivity index (χ1n) is 9.62. The number of ether oxygens (including phenoxy) is 1. The first-order valence-corrected chi connectivity index (χ1v) is 10.9. The molecule has 0 fully saturated rings. The van der Waals surface area contributed by atoms with Crippen LogP contribution in [0.25, 0.3) is 6.08 Å². The highest BCUT2D eigenvalue weighted by molar-refractivity contribution is 7.10. The van der Waals surface area contributed by atoms with E-state index >= 15 is 0 Å². The molecule has 3 rings (SSSR count). The number of hydrogen-bond acceptors (Lipinski definition) is 4. The third-order valence-corrected chi connectivity index (χ3v) is 6.34. The minimum Gasteiger partial charge on any atom is -0.465 e. The topological polar surface area (TPSA) is 46.5 Å². The van der Waals surface area contributed by atoms with Gasteiger partial charge >= 0.3 is 5.97 Å². The fourth-order valence-electron chi connectivity index (χ4n) is 3.31. The maximum absolute atomic E-state index is 12.1. The molecule has 0 aliphatic heterocycles. The molecular formula is C25H25ClO3S. The van der Waals surface area contributed by atoms with Gasteiger partial charge in [0.1, 0.15) is 6.10 Å². The molecule has 0 radical (unpaired) electrons. The maximum Gasteiger partial charge on any atom is 0.338 e. The van der Waals surface area contributed by atoms with Crippen LogP contribution in [0.5, 0.6) is 0 Å². The molecule has 0 bridgehead atoms. The third-order valence-electron chi connectivity index (χ3n) is 5.13. The average Bonchev–Trinajstić information content (AvgIpc) is 3.23. The van der Waals surface area contributed by atoms with E-state index in [0.717, 1.165) is 27.1 Å². The second kappa shape index (κ2) is 9.17. The lowest BCUT2D eigenvalue weighted by Crippen LogP contribution is -2.16. The van der Waals surface area contributed by atoms with Gasteiger partial charge in [0.05, 0.1) is 12.7 Å². The van der Waals surface area contributed by atoms with Crippen molar-refractivity contribution in [1.82, 2.24) is 0 Å². The number of aryl methyl sites for hydroxylation is 1. The van der Waals surface area contributed by atoms with E-state index in [2.05, 4.69) is 13.8 Å². The second-order valence-electron chi connectivity index (χ2n) is 7.79. The Morgan fingerprint density at radius 1 is 1.17 bits per heavy atom. The van der Waals surface area contributed by atoms with Crippen molar-refractivity contribution < 1.29 is 14.6 Å². The first kappa shape index (κ1) is 22.3. The SMILES string of the molecule is COC(=O)c1cc(Cl)ccc1C=CC(C)(C)c1ccsc1C(O)c1ccc(C)cc1. The van der Waals surface area contributed by atoms with Crippen LogP contribution in [0.3, 0.4) is 0 Å². The molecule has 1 aromatic heterocycles. The Balaban J connectivity index is 1.93. The number of benzene rings is 2. The number of halogens is 1. The zero-order valence-corrected chi connectivity index (χ0v) is 19.1. The predicted molar refractivity (Wildman–Crippen MR) is 124 cm³/mol. The molecule has 0 saturated heterocycles. The summed E-state index contributed by atoms with van der Waals surface area (Å²) in [5.41, 5.74) is 3.86. The predicted octanol–water partition coefficient (Wildman–Crippen LogP) is 6.57. The lowest BCUT2D eigenvalue weighted by Gasteiger charge is -2.24. The molecule has 0 aliphatic rings. The van der Waals surface area contributed by atoms with Crippen molar-refractivity contribution in [2.45, 2.75) is 32.3 Å². The van der Waals surface area contributed by atoms with Gasteiger partial charge in [-0.15, -0.1) is 11.3 Å². The molecule has 1 heterocycles. The number of aliphatic hydroxyl groups is 1. The van der Waals surface area contributed by atoms with Crippen LogP contribution in [-0.2, 0) is 10.2 Å². The van der Waals surface area contributed by atoms with E-state index in [-0.39, 0.29) is 5.41 Å². The first-order chi connectivity index (χ1) is 14.2. The summed E-state index contributed by atoms with van der Waals surface area (Å²) in [7, 11) is 1.35. The minimum atomic E-state index is -0.686. The van der Waals surface area contributed by atoms with Crippen molar-refractivity contribution in [2.24, 2.45) is 0 Å². The molecule has 0 saturated carbocycles. The van der Waals surface area contributed by atoms with Crippen molar-refractivity contribution in [3.05, 3.63) is 97.7 Å². The normalized spacial score (nSPS) is 12.9. The zero-order chi connectivity index (χ0) is 21.9. The number of aliphatic hydroxyl groups excluding tert-OH is 1. The van der Waals surface area contributed by atoms with Gasteiger partial charge in [0.15, 0.2) is 0 Å². The molecular weight excluding hydrogens is 416 g/mol. The molecule has 1 N–H and O–H groups in total. The van der Waals surface area contributed by atoms with E-state index in [4.69, 9.17) is 16.3 Å². The molecule has 30 heavy (non-hydrogen) atoms. The van der Waals surface area contributed by atoms with Gasteiger partial charge < -0.3 is 9.84 Å². The smallest absolute Gasteiger partial charge is 0.338 e. The lowest BCUT2D eigenvalue weighted by molar-refractivity contribution is 0.0600. The Kier molecular flexibility index (Phi) is 6.81. The number of allylic oxidation sites excluding steroid dienone is 1. The van der Waals surface area contributed by atoms with E-state index in [0.29, 0.717) is 10.6 Å². The Morgan fingerprint density at radius 2 is 1.87 bits per heavy atom. The van der Waals surface area contributed by atoms with Crippen molar-refractivity contribution in [2.75, 3.05) is 7.11 Å². The average molecular weight is 441 g/mol. The monoisotopic (exact) mass is 440 g/mol. The third kappa shape index (κ3) is 4.84. The van der Waals surface area contributed by atoms with Crippen LogP contribution >= 0.6 is 22.9 Å². The van der Waals surface area contributed by atoms with Crippen LogP contribution < -0.4 is 0 Å². The summed E-state index contributed by atoms with van der Waals surface area (Å²) in [4.78, 5) is 13.0. The molecule has 0 spiro atoms. The van der Waals surface area contributed by atoms with Crippen LogP contribution in [0.2, 0.25) is 5.02 Å². The van der Waals surface area contributed by atoms with Gasteiger partial charge in [-0.3, -0.25) is 0 Å². The van der Waals surface area contributed by atoms with E-state index in [1.807, 2.05) is 54.8 Å². The molecule has 156 valence electrons. The van der Waals surface area contributed by atoms with Crippen LogP contribution in [-0.4, -0.2) is 18.2 Å². The van der Waals surface area contributed by atoms with Gasteiger partial charge in [0.25, 0.3) is 0 Å². The number of thiophene rings is 1. The molecule has 3 nitrogen and oxygen atoms in total. The van der Waals surface area contributed by atoms with Gasteiger partial charge in [0.2, 0.25) is 0 Å². The van der Waals surface area contributed by atoms with E-state index in [1.165, 1.54) is 7.11 Å². The Hall–Kier alpha value is -2.40. The quantitative estimate of drug-likeness (QED) is 0.441. The highest BCUT2D eigenvalue weighted by Crippen LogP contribution is 2.38. The summed E-state index contributed by atoms with van der Waals surface area (Å²) in [5.74, 6) is -0.430. The summed E-state index contributed by atoms with van der Waals surface area (Å²) in [6, 6.07) is 15.1. The van der Waals surface area contributed by atoms with E-state index in [9.17, 15) is 9.90 Å². The highest BCUT2D eigenvalue weighted by Gasteiger charge is 2.26. The molecule has 0 aliphatic carbocycles. The van der Waals surface area contributed by atoms with Crippen LogP contribution in [0.4, 0.5) is 0 Å². The van der Waals surface area contributed by atoms with Gasteiger partial charge in [0, 0.05) is 15.3 Å². The lowest BCUT2D eigenvalue weighted by atomic mass is 9.82. The van der Waals surface area contributed by atoms with Crippen molar-refractivity contribution in [3.63, 3.8) is 0 Å². The summed E-state index contributed by atoms with van der Waals surface area (Å²) in [6.07, 6.45) is 3.26. The maximum atomic E-state index is 12.1. The Morgan fingerprint density at radius 3 is 2.53 bits per heavy atom. The van der Waals surface area contributed by atoms with Crippen LogP contribution in [0.1, 0.15) is 57.4 Å². The summed E-state index contributed by atoms with van der Waals surface area (Å²) in [6.45, 7) is 6.20. The molecule has 3 aromatic rings. The Bertz CT molecular complexity index is 1060. The summed E-state index contributed by atoms with van der Waals surface area (Å²) in [5, 5.41) is 13.5. The van der Waals surface area contributed by atoms with E-state index < -0.39 is 12.1 Å². The van der Waals surface area contributed by atoms with Crippen LogP contribution in [0.15, 0.2) is 60.0 Å². The van der Waals surface area contributed by atoms with Crippen molar-refractivity contribution in [3.8, 4) is 0 Å². The number of esters is 1. The minimum absolute atomic E-state index is 0.367. The summed E-state index contributed by atoms with van der Waals surface area (Å²) < 4.78 is 4.88. The number of carbonyl (C=O) groups is 1. The molecule has 1 atom stereocenters. The molecule has 5 heteroatoms. The van der Waals surface area contributed by atoms with Gasteiger partial charge in [-0.25, -0.2) is 4.79 Å². The number of carbonyl (C=O) groups excluding carboxylic acids is 1. The van der Waals surface area contributed by atoms with Crippen LogP contribution in [0, 0.1) is 6.92 Å². The summed E-state index contributed by atoms with van der Waals surface area (Å²) >= 11 is 7.60.